The van der Waals surface area contributed by atoms with Gasteiger partial charge in [-0.25, -0.2) is 0 Å². The summed E-state index contributed by atoms with van der Waals surface area (Å²) < 4.78 is 0. The zero-order chi connectivity index (χ0) is 14.5. The van der Waals surface area contributed by atoms with Gasteiger partial charge in [0.25, 0.3) is 0 Å². The van der Waals surface area contributed by atoms with Crippen molar-refractivity contribution in [3.05, 3.63) is 29.8 Å². The van der Waals surface area contributed by atoms with E-state index in [1.165, 1.54) is 6.42 Å². The van der Waals surface area contributed by atoms with Crippen LogP contribution in [0.1, 0.15) is 31.7 Å². The highest BCUT2D eigenvalue weighted by molar-refractivity contribution is 5.95. The zero-order valence-electron chi connectivity index (χ0n) is 11.9. The lowest BCUT2D eigenvalue weighted by Crippen LogP contribution is -2.43. The molecule has 5 heteroatoms. The van der Waals surface area contributed by atoms with Gasteiger partial charge in [-0.05, 0) is 50.5 Å². The molecule has 1 aliphatic rings. The molecule has 1 aromatic rings. The van der Waals surface area contributed by atoms with Crippen LogP contribution < -0.4 is 11.1 Å². The number of amidine groups is 1. The number of nitrogen functional groups attached to an aromatic ring is 1. The maximum Gasteiger partial charge on any atom is 0.244 e. The molecule has 0 aliphatic carbocycles. The van der Waals surface area contributed by atoms with Gasteiger partial charge in [0.15, 0.2) is 0 Å². The summed E-state index contributed by atoms with van der Waals surface area (Å²) in [6, 6.07) is 7.01. The molecule has 1 amide bonds. The van der Waals surface area contributed by atoms with Crippen LogP contribution in [0.2, 0.25) is 0 Å². The molecule has 108 valence electrons. The van der Waals surface area contributed by atoms with Crippen molar-refractivity contribution in [2.45, 2.75) is 32.2 Å². The molecular formula is C15H22N4O. The Hall–Kier alpha value is -2.04. The maximum atomic E-state index is 12.3. The lowest BCUT2D eigenvalue weighted by molar-refractivity contribution is -0.132. The summed E-state index contributed by atoms with van der Waals surface area (Å²) in [5.74, 6) is 0.203. The van der Waals surface area contributed by atoms with E-state index in [1.807, 2.05) is 24.0 Å². The molecule has 1 aromatic carbocycles. The quantitative estimate of drug-likeness (QED) is 0.578. The second kappa shape index (κ2) is 6.41. The fraction of sp³-hybridized carbons (Fsp3) is 0.467. The third-order valence-electron chi connectivity index (χ3n) is 3.62. The predicted molar refractivity (Wildman–Crippen MR) is 81.0 cm³/mol. The molecule has 0 unspecified atom stereocenters. The van der Waals surface area contributed by atoms with Gasteiger partial charge in [0.05, 0.1) is 0 Å². The molecule has 4 N–H and O–H groups in total. The largest absolute Gasteiger partial charge is 0.384 e. The summed E-state index contributed by atoms with van der Waals surface area (Å²) in [7, 11) is 0. The molecule has 1 heterocycles. The second-order valence-corrected chi connectivity index (χ2v) is 5.24. The average Bonchev–Trinajstić information content (AvgIpc) is 2.48. The minimum Gasteiger partial charge on any atom is -0.384 e. The Balaban J connectivity index is 1.94. The molecule has 1 atom stereocenters. The van der Waals surface area contributed by atoms with Crippen molar-refractivity contribution < 1.29 is 4.79 Å². The monoisotopic (exact) mass is 274 g/mol. The molecule has 20 heavy (non-hydrogen) atoms. The van der Waals surface area contributed by atoms with Crippen molar-refractivity contribution in [2.24, 2.45) is 5.73 Å². The van der Waals surface area contributed by atoms with E-state index in [0.29, 0.717) is 5.56 Å². The number of carbonyl (C=O) groups is 1. The van der Waals surface area contributed by atoms with Crippen molar-refractivity contribution in [3.63, 3.8) is 0 Å². The normalized spacial score (nSPS) is 16.6. The van der Waals surface area contributed by atoms with Crippen LogP contribution in [0.3, 0.4) is 0 Å². The standard InChI is InChI=1S/C15H22N4O/c1-11(15(20)19-9-3-2-4-10-19)18-13-7-5-12(6-8-13)14(16)17/h5-8,11,18H,2-4,9-10H2,1H3,(H3,16,17)/t11-/m0/s1. The number of amides is 1. The number of hydrogen-bond donors (Lipinski definition) is 3. The van der Waals surface area contributed by atoms with Crippen LogP contribution in [-0.4, -0.2) is 35.8 Å². The van der Waals surface area contributed by atoms with Gasteiger partial charge < -0.3 is 16.0 Å². The van der Waals surface area contributed by atoms with Crippen molar-refractivity contribution in [3.8, 4) is 0 Å². The predicted octanol–water partition coefficient (Wildman–Crippen LogP) is 1.78. The summed E-state index contributed by atoms with van der Waals surface area (Å²) in [6.07, 6.45) is 3.43. The molecule has 0 bridgehead atoms. The number of anilines is 1. The summed E-state index contributed by atoms with van der Waals surface area (Å²) in [4.78, 5) is 14.2. The van der Waals surface area contributed by atoms with Crippen molar-refractivity contribution >= 4 is 17.4 Å². The first-order valence-corrected chi connectivity index (χ1v) is 7.07. The first kappa shape index (κ1) is 14.4. The number of likely N-dealkylation sites (tertiary alicyclic amines) is 1. The number of nitrogens with one attached hydrogen (secondary N) is 2. The minimum absolute atomic E-state index is 0.0500. The lowest BCUT2D eigenvalue weighted by atomic mass is 10.1. The minimum atomic E-state index is -0.240. The van der Waals surface area contributed by atoms with Crippen LogP contribution in [-0.2, 0) is 4.79 Å². The summed E-state index contributed by atoms with van der Waals surface area (Å²) in [5, 5.41) is 10.5. The topological polar surface area (TPSA) is 82.2 Å². The highest BCUT2D eigenvalue weighted by atomic mass is 16.2. The zero-order valence-corrected chi connectivity index (χ0v) is 11.9. The number of nitrogens with two attached hydrogens (primary N) is 1. The van der Waals surface area contributed by atoms with Gasteiger partial charge >= 0.3 is 0 Å². The van der Waals surface area contributed by atoms with Crippen molar-refractivity contribution in [2.75, 3.05) is 18.4 Å². The Morgan fingerprint density at radius 3 is 2.40 bits per heavy atom. The van der Waals surface area contributed by atoms with Crippen LogP contribution in [0.5, 0.6) is 0 Å². The fourth-order valence-corrected chi connectivity index (χ4v) is 2.45. The van der Waals surface area contributed by atoms with Crippen molar-refractivity contribution in [1.82, 2.24) is 4.90 Å². The average molecular weight is 274 g/mol. The number of nitrogens with zero attached hydrogens (tertiary/aromatic N) is 1. The van der Waals surface area contributed by atoms with E-state index in [9.17, 15) is 4.79 Å². The maximum absolute atomic E-state index is 12.3. The van der Waals surface area contributed by atoms with E-state index in [1.54, 1.807) is 12.1 Å². The van der Waals surface area contributed by atoms with Gasteiger partial charge in [0.1, 0.15) is 11.9 Å². The molecule has 0 spiro atoms. The molecule has 1 fully saturated rings. The van der Waals surface area contributed by atoms with Crippen LogP contribution in [0, 0.1) is 5.41 Å². The highest BCUT2D eigenvalue weighted by Gasteiger charge is 2.21. The van der Waals surface area contributed by atoms with Crippen LogP contribution in [0.25, 0.3) is 0 Å². The molecule has 1 aliphatic heterocycles. The van der Waals surface area contributed by atoms with Gasteiger partial charge in [0.2, 0.25) is 5.91 Å². The number of piperidine rings is 1. The molecule has 0 aromatic heterocycles. The van der Waals surface area contributed by atoms with E-state index in [4.69, 9.17) is 11.1 Å². The van der Waals surface area contributed by atoms with Gasteiger partial charge in [0, 0.05) is 24.3 Å². The van der Waals surface area contributed by atoms with Gasteiger partial charge in [-0.1, -0.05) is 0 Å². The molecule has 1 saturated heterocycles. The van der Waals surface area contributed by atoms with Gasteiger partial charge in [-0.2, -0.15) is 0 Å². The Labute approximate surface area is 119 Å². The first-order valence-electron chi connectivity index (χ1n) is 7.07. The molecule has 5 nitrogen and oxygen atoms in total. The lowest BCUT2D eigenvalue weighted by Gasteiger charge is -2.29. The van der Waals surface area contributed by atoms with Crippen LogP contribution in [0.15, 0.2) is 24.3 Å². The Morgan fingerprint density at radius 2 is 1.85 bits per heavy atom. The second-order valence-electron chi connectivity index (χ2n) is 5.24. The Kier molecular flexibility index (Phi) is 4.61. The SMILES string of the molecule is C[C@H](Nc1ccc(C(=N)N)cc1)C(=O)N1CCCCC1. The van der Waals surface area contributed by atoms with E-state index < -0.39 is 0 Å². The van der Waals surface area contributed by atoms with Crippen molar-refractivity contribution in [1.29, 1.82) is 5.41 Å². The first-order chi connectivity index (χ1) is 9.58. The van der Waals surface area contributed by atoms with Gasteiger partial charge in [-0.3, -0.25) is 10.2 Å². The summed E-state index contributed by atoms with van der Waals surface area (Å²) in [6.45, 7) is 3.62. The van der Waals surface area contributed by atoms with Crippen LogP contribution >= 0.6 is 0 Å². The molecular weight excluding hydrogens is 252 g/mol. The smallest absolute Gasteiger partial charge is 0.244 e. The fourth-order valence-electron chi connectivity index (χ4n) is 2.45. The van der Waals surface area contributed by atoms with E-state index in [2.05, 4.69) is 5.32 Å². The van der Waals surface area contributed by atoms with E-state index in [0.717, 1.165) is 31.6 Å². The Bertz CT molecular complexity index is 477. The third kappa shape index (κ3) is 3.50. The number of benzene rings is 1. The Morgan fingerprint density at radius 1 is 1.25 bits per heavy atom. The number of hydrogen-bond acceptors (Lipinski definition) is 3. The summed E-state index contributed by atoms with van der Waals surface area (Å²) in [5.41, 5.74) is 6.97. The third-order valence-corrected chi connectivity index (χ3v) is 3.62. The van der Waals surface area contributed by atoms with E-state index in [-0.39, 0.29) is 17.8 Å². The highest BCUT2D eigenvalue weighted by Crippen LogP contribution is 2.14. The molecule has 2 rings (SSSR count). The summed E-state index contributed by atoms with van der Waals surface area (Å²) >= 11 is 0. The van der Waals surface area contributed by atoms with Crippen LogP contribution in [0.4, 0.5) is 5.69 Å². The van der Waals surface area contributed by atoms with Gasteiger partial charge in [-0.15, -0.1) is 0 Å². The number of rotatable bonds is 4. The molecule has 0 saturated carbocycles. The molecule has 0 radical (unpaired) electrons. The number of carbonyl (C=O) groups excluding carboxylic acids is 1. The van der Waals surface area contributed by atoms with E-state index >= 15 is 0 Å².